The molecule has 0 aliphatic carbocycles. The molecule has 0 amide bonds. The Hall–Kier alpha value is -2.06. The van der Waals surface area contributed by atoms with Crippen LogP contribution in [-0.2, 0) is 18.2 Å². The van der Waals surface area contributed by atoms with Crippen LogP contribution in [0.15, 0.2) is 36.5 Å². The lowest BCUT2D eigenvalue weighted by molar-refractivity contribution is 0.102. The number of carbonyl (C=O) groups excluding carboxylic acids is 1. The van der Waals surface area contributed by atoms with E-state index in [0.29, 0.717) is 23.7 Å². The molecule has 0 aliphatic heterocycles. The molecule has 2 aromatic rings. The van der Waals surface area contributed by atoms with Crippen molar-refractivity contribution in [1.82, 2.24) is 4.98 Å². The molecule has 0 bridgehead atoms. The Balaban J connectivity index is 0.000000891. The Kier molecular flexibility index (Phi) is 8.88. The number of carbonyl (C=O) groups is 1. The summed E-state index contributed by atoms with van der Waals surface area (Å²) < 4.78 is 27.5. The van der Waals surface area contributed by atoms with E-state index in [9.17, 15) is 4.79 Å². The number of ether oxygens (including phenoxy) is 2. The highest BCUT2D eigenvalue weighted by Gasteiger charge is 2.12. The van der Waals surface area contributed by atoms with Gasteiger partial charge in [0.2, 0.25) is 0 Å². The third kappa shape index (κ3) is 6.21. The minimum Gasteiger partial charge on any atom is -0.496 e. The van der Waals surface area contributed by atoms with Crippen molar-refractivity contribution in [2.24, 2.45) is 0 Å². The second-order valence-electron chi connectivity index (χ2n) is 4.60. The number of hydrogen-bond donors (Lipinski definition) is 0. The maximum absolute atomic E-state index is 11.7. The highest BCUT2D eigenvalue weighted by Crippen LogP contribution is 2.26. The van der Waals surface area contributed by atoms with Crippen molar-refractivity contribution in [1.29, 1.82) is 0 Å². The van der Waals surface area contributed by atoms with Crippen molar-refractivity contribution in [3.05, 3.63) is 53.3 Å². The van der Waals surface area contributed by atoms with E-state index in [4.69, 9.17) is 17.9 Å². The van der Waals surface area contributed by atoms with Gasteiger partial charge in [0.1, 0.15) is 18.1 Å². The van der Waals surface area contributed by atoms with Crippen molar-refractivity contribution in [2.75, 3.05) is 12.4 Å². The van der Waals surface area contributed by atoms with Crippen LogP contribution in [0.2, 0.25) is 0 Å². The summed E-state index contributed by atoms with van der Waals surface area (Å²) in [5, 5.41) is 0.261. The molecule has 0 unspecified atom stereocenters. The molecular weight excluding hydrogens is 398 g/mol. The monoisotopic (exact) mass is 413 g/mol. The number of halogens is 1. The van der Waals surface area contributed by atoms with E-state index in [2.05, 4.69) is 20.9 Å². The zero-order valence-electron chi connectivity index (χ0n) is 13.2. The Morgan fingerprint density at radius 3 is 2.50 bits per heavy atom. The van der Waals surface area contributed by atoms with Crippen molar-refractivity contribution in [3.8, 4) is 11.5 Å². The second-order valence-corrected chi connectivity index (χ2v) is 5.30. The van der Waals surface area contributed by atoms with Crippen LogP contribution in [0.1, 0.15) is 21.6 Å². The number of rotatable bonds is 6. The third-order valence-corrected chi connectivity index (χ3v) is 3.46. The van der Waals surface area contributed by atoms with Crippen LogP contribution >= 0.6 is 15.9 Å². The van der Waals surface area contributed by atoms with Crippen LogP contribution in [0.3, 0.4) is 0 Å². The SMILES string of the molecule is COc1cc(OCc2ccc(C)cn2)ccc1C(=O)CBr.O=S=O. The summed E-state index contributed by atoms with van der Waals surface area (Å²) in [6, 6.07) is 9.09. The highest BCUT2D eigenvalue weighted by molar-refractivity contribution is 9.09. The second kappa shape index (κ2) is 10.7. The molecule has 0 saturated heterocycles. The fourth-order valence-corrected chi connectivity index (χ4v) is 2.11. The lowest BCUT2D eigenvalue weighted by Gasteiger charge is -2.10. The van der Waals surface area contributed by atoms with E-state index in [-0.39, 0.29) is 11.1 Å². The standard InChI is InChI=1S/C16H16BrNO3.O2S/c1-11-3-4-12(18-9-11)10-21-13-5-6-14(15(19)8-17)16(7-13)20-2;1-3-2/h3-7,9H,8,10H2,1-2H3;. The molecular formula is C16H16BrNO5S. The van der Waals surface area contributed by atoms with Gasteiger partial charge in [-0.1, -0.05) is 22.0 Å². The van der Waals surface area contributed by atoms with Gasteiger partial charge in [-0.15, -0.1) is 0 Å². The van der Waals surface area contributed by atoms with Gasteiger partial charge >= 0.3 is 11.6 Å². The maximum atomic E-state index is 11.7. The van der Waals surface area contributed by atoms with Gasteiger partial charge in [0.05, 0.1) is 23.7 Å². The number of nitrogens with zero attached hydrogens (tertiary/aromatic N) is 1. The predicted molar refractivity (Wildman–Crippen MR) is 93.3 cm³/mol. The molecule has 8 heteroatoms. The molecule has 0 aliphatic rings. The van der Waals surface area contributed by atoms with Gasteiger partial charge in [-0.05, 0) is 30.7 Å². The minimum absolute atomic E-state index is 0.0291. The Bertz CT molecular complexity index is 715. The van der Waals surface area contributed by atoms with Gasteiger partial charge in [-0.2, -0.15) is 8.42 Å². The molecule has 0 N–H and O–H groups in total. The average molecular weight is 414 g/mol. The summed E-state index contributed by atoms with van der Waals surface area (Å²) in [6.45, 7) is 2.36. The van der Waals surface area contributed by atoms with Gasteiger partial charge in [-0.25, -0.2) is 0 Å². The quantitative estimate of drug-likeness (QED) is 0.534. The molecule has 0 spiro atoms. The minimum atomic E-state index is -0.750. The molecule has 0 radical (unpaired) electrons. The first-order valence-electron chi connectivity index (χ1n) is 6.79. The highest BCUT2D eigenvalue weighted by atomic mass is 79.9. The first-order valence-corrected chi connectivity index (χ1v) is 8.57. The lowest BCUT2D eigenvalue weighted by Crippen LogP contribution is -2.04. The molecule has 1 aromatic carbocycles. The van der Waals surface area contributed by atoms with Gasteiger partial charge in [0, 0.05) is 12.3 Å². The number of Topliss-reactive ketones (excluding diaryl/α,β-unsaturated/α-hetero) is 1. The number of benzene rings is 1. The Morgan fingerprint density at radius 1 is 1.25 bits per heavy atom. The summed E-state index contributed by atoms with van der Waals surface area (Å²) in [4.78, 5) is 16.0. The largest absolute Gasteiger partial charge is 0.496 e. The van der Waals surface area contributed by atoms with Crippen molar-refractivity contribution in [3.63, 3.8) is 0 Å². The number of aromatic nitrogens is 1. The van der Waals surface area contributed by atoms with Gasteiger partial charge in [0.15, 0.2) is 5.78 Å². The third-order valence-electron chi connectivity index (χ3n) is 2.95. The summed E-state index contributed by atoms with van der Waals surface area (Å²) >= 11 is 2.41. The topological polar surface area (TPSA) is 82.6 Å². The predicted octanol–water partition coefficient (Wildman–Crippen LogP) is 2.89. The number of aryl methyl sites for hydroxylation is 1. The molecule has 24 heavy (non-hydrogen) atoms. The molecule has 1 heterocycles. The number of ketones is 1. The summed E-state index contributed by atoms with van der Waals surface area (Å²) in [7, 11) is 1.53. The van der Waals surface area contributed by atoms with E-state index in [1.54, 1.807) is 24.4 Å². The van der Waals surface area contributed by atoms with Crippen LogP contribution in [-0.4, -0.2) is 31.6 Å². The van der Waals surface area contributed by atoms with Gasteiger partial charge in [0.25, 0.3) is 0 Å². The van der Waals surface area contributed by atoms with Crippen molar-refractivity contribution >= 4 is 33.3 Å². The fourth-order valence-electron chi connectivity index (χ4n) is 1.80. The van der Waals surface area contributed by atoms with E-state index in [1.807, 2.05) is 19.1 Å². The number of hydrogen-bond acceptors (Lipinski definition) is 6. The van der Waals surface area contributed by atoms with Gasteiger partial charge in [-0.3, -0.25) is 9.78 Å². The molecule has 6 nitrogen and oxygen atoms in total. The number of methoxy groups -OCH3 is 1. The smallest absolute Gasteiger partial charge is 0.335 e. The molecule has 1 aromatic heterocycles. The molecule has 128 valence electrons. The van der Waals surface area contributed by atoms with E-state index >= 15 is 0 Å². The van der Waals surface area contributed by atoms with Crippen LogP contribution in [0.5, 0.6) is 11.5 Å². The lowest BCUT2D eigenvalue weighted by atomic mass is 10.1. The average Bonchev–Trinajstić information content (AvgIpc) is 2.61. The fraction of sp³-hybridized carbons (Fsp3) is 0.250. The Labute approximate surface area is 151 Å². The zero-order valence-corrected chi connectivity index (χ0v) is 15.6. The maximum Gasteiger partial charge on any atom is 0.335 e. The van der Waals surface area contributed by atoms with E-state index < -0.39 is 11.6 Å². The van der Waals surface area contributed by atoms with Crippen molar-refractivity contribution < 1.29 is 22.7 Å². The van der Waals surface area contributed by atoms with Crippen LogP contribution in [0.25, 0.3) is 0 Å². The van der Waals surface area contributed by atoms with Crippen LogP contribution in [0, 0.1) is 6.92 Å². The summed E-state index contributed by atoms with van der Waals surface area (Å²) in [5.41, 5.74) is 2.49. The van der Waals surface area contributed by atoms with Gasteiger partial charge < -0.3 is 9.47 Å². The number of pyridine rings is 1. The number of alkyl halides is 1. The first-order chi connectivity index (χ1) is 11.5. The molecule has 0 fully saturated rings. The van der Waals surface area contributed by atoms with E-state index in [0.717, 1.165) is 11.3 Å². The zero-order chi connectivity index (χ0) is 17.9. The molecule has 0 atom stereocenters. The molecule has 0 saturated carbocycles. The summed E-state index contributed by atoms with van der Waals surface area (Å²) in [6.07, 6.45) is 1.80. The first kappa shape index (κ1) is 20.0. The van der Waals surface area contributed by atoms with Crippen molar-refractivity contribution in [2.45, 2.75) is 13.5 Å². The summed E-state index contributed by atoms with van der Waals surface area (Å²) in [5.74, 6) is 1.12. The normalized spacial score (nSPS) is 9.46. The Morgan fingerprint density at radius 2 is 1.96 bits per heavy atom. The van der Waals surface area contributed by atoms with Crippen LogP contribution < -0.4 is 9.47 Å². The van der Waals surface area contributed by atoms with E-state index in [1.165, 1.54) is 7.11 Å². The molecule has 2 rings (SSSR count). The van der Waals surface area contributed by atoms with Crippen LogP contribution in [0.4, 0.5) is 0 Å².